The summed E-state index contributed by atoms with van der Waals surface area (Å²) >= 11 is 0. The van der Waals surface area contributed by atoms with Gasteiger partial charge in [-0.3, -0.25) is 14.4 Å². The van der Waals surface area contributed by atoms with Crippen LogP contribution in [0, 0.1) is 5.92 Å². The monoisotopic (exact) mass is 549 g/mol. The second kappa shape index (κ2) is 11.1. The number of ether oxygens (including phenoxy) is 1. The lowest BCUT2D eigenvalue weighted by molar-refractivity contribution is -0.141. The van der Waals surface area contributed by atoms with Gasteiger partial charge in [0.15, 0.2) is 0 Å². The van der Waals surface area contributed by atoms with Gasteiger partial charge in [0.25, 0.3) is 15.9 Å². The summed E-state index contributed by atoms with van der Waals surface area (Å²) in [6.07, 6.45) is 1.65. The molecule has 4 atom stereocenters. The Balaban J connectivity index is 1.72. The molecule has 2 fully saturated rings. The van der Waals surface area contributed by atoms with Crippen molar-refractivity contribution in [1.29, 1.82) is 0 Å². The molecule has 2 aliphatic rings. The van der Waals surface area contributed by atoms with Gasteiger partial charge in [0.2, 0.25) is 11.8 Å². The van der Waals surface area contributed by atoms with Crippen LogP contribution in [0.4, 0.5) is 4.79 Å². The summed E-state index contributed by atoms with van der Waals surface area (Å²) < 4.78 is 32.6. The molecule has 1 aliphatic carbocycles. The second-order valence-corrected chi connectivity index (χ2v) is 12.1. The van der Waals surface area contributed by atoms with E-state index in [1.165, 1.54) is 35.2 Å². The molecule has 38 heavy (non-hydrogen) atoms. The average molecular weight is 550 g/mol. The van der Waals surface area contributed by atoms with Crippen molar-refractivity contribution >= 4 is 33.8 Å². The predicted molar refractivity (Wildman–Crippen MR) is 138 cm³/mol. The lowest BCUT2D eigenvalue weighted by atomic mass is 10.1. The molecule has 3 rings (SSSR count). The number of nitrogens with zero attached hydrogens (tertiary/aromatic N) is 1. The first-order valence-corrected chi connectivity index (χ1v) is 13.8. The van der Waals surface area contributed by atoms with Gasteiger partial charge >= 0.3 is 6.09 Å². The summed E-state index contributed by atoms with van der Waals surface area (Å²) in [6, 6.07) is 5.34. The summed E-state index contributed by atoms with van der Waals surface area (Å²) in [5, 5.41) is 5.12. The van der Waals surface area contributed by atoms with Gasteiger partial charge < -0.3 is 26.0 Å². The van der Waals surface area contributed by atoms with E-state index in [0.29, 0.717) is 12.8 Å². The molecule has 1 aromatic carbocycles. The van der Waals surface area contributed by atoms with Crippen LogP contribution in [0.3, 0.4) is 0 Å². The lowest BCUT2D eigenvalue weighted by Gasteiger charge is -2.30. The number of rotatable bonds is 9. The highest BCUT2D eigenvalue weighted by atomic mass is 32.2. The summed E-state index contributed by atoms with van der Waals surface area (Å²) in [5.74, 6) is -2.55. The number of sulfonamides is 1. The number of benzene rings is 1. The minimum Gasteiger partial charge on any atom is -0.444 e. The van der Waals surface area contributed by atoms with E-state index in [0.717, 1.165) is 0 Å². The number of nitrogens with one attached hydrogen (secondary N) is 3. The van der Waals surface area contributed by atoms with Gasteiger partial charge in [0, 0.05) is 19.0 Å². The Morgan fingerprint density at radius 3 is 2.45 bits per heavy atom. The molecule has 0 aromatic heterocycles. The zero-order valence-corrected chi connectivity index (χ0v) is 22.5. The van der Waals surface area contributed by atoms with Crippen LogP contribution in [0.25, 0.3) is 0 Å². The van der Waals surface area contributed by atoms with E-state index in [1.807, 2.05) is 4.72 Å². The lowest BCUT2D eigenvalue weighted by Crippen LogP contribution is -2.59. The van der Waals surface area contributed by atoms with Gasteiger partial charge in [-0.1, -0.05) is 24.3 Å². The largest absolute Gasteiger partial charge is 0.444 e. The third kappa shape index (κ3) is 6.51. The fraction of sp³-hybridized carbons (Fsp3) is 0.520. The molecule has 1 aliphatic heterocycles. The van der Waals surface area contributed by atoms with Crippen molar-refractivity contribution in [3.05, 3.63) is 43.0 Å². The van der Waals surface area contributed by atoms with E-state index in [1.54, 1.807) is 26.8 Å². The fourth-order valence-corrected chi connectivity index (χ4v) is 5.44. The summed E-state index contributed by atoms with van der Waals surface area (Å²) in [5.41, 5.74) is 3.44. The molecule has 4 amide bonds. The minimum atomic E-state index is -4.17. The van der Waals surface area contributed by atoms with E-state index in [2.05, 4.69) is 17.2 Å². The first kappa shape index (κ1) is 29.1. The third-order valence-corrected chi connectivity index (χ3v) is 7.74. The number of likely N-dealkylation sites (tertiary alicyclic amines) is 1. The first-order chi connectivity index (χ1) is 17.7. The van der Waals surface area contributed by atoms with Crippen LogP contribution in [0.2, 0.25) is 0 Å². The second-order valence-electron chi connectivity index (χ2n) is 10.4. The van der Waals surface area contributed by atoms with E-state index in [4.69, 9.17) is 10.5 Å². The standard InChI is InChI=1S/C25H35N5O7S/c1-5-16-14-25(16,22(33)29-38(35,36)17-10-7-6-8-11-17)28-20(31)19-12-9-13-30(19)21(32)18(15-26)27-23(34)37-24(2,3)4/h5-8,10-11,16,18-19H,1,9,12-15,26H2,2-4H3,(H,27,34)(H,28,31)(H,29,33)/t16-,18+,19+,25-/m1/s1. The Hall–Kier alpha value is -3.45. The van der Waals surface area contributed by atoms with E-state index < -0.39 is 63.0 Å². The Labute approximate surface area is 222 Å². The summed E-state index contributed by atoms with van der Waals surface area (Å²) in [6.45, 7) is 8.74. The average Bonchev–Trinajstić information content (AvgIpc) is 3.33. The number of hydrogen-bond acceptors (Lipinski definition) is 8. The molecule has 13 heteroatoms. The van der Waals surface area contributed by atoms with E-state index in [-0.39, 0.29) is 24.4 Å². The molecule has 5 N–H and O–H groups in total. The maximum Gasteiger partial charge on any atom is 0.408 e. The molecule has 1 heterocycles. The normalized spacial score (nSPS) is 23.6. The maximum absolute atomic E-state index is 13.3. The number of alkyl carbamates (subject to hydrolysis) is 1. The third-order valence-electron chi connectivity index (χ3n) is 6.39. The molecule has 0 unspecified atom stereocenters. The van der Waals surface area contributed by atoms with Crippen molar-refractivity contribution in [3.8, 4) is 0 Å². The molecule has 1 aromatic rings. The smallest absolute Gasteiger partial charge is 0.408 e. The SMILES string of the molecule is C=C[C@@H]1C[C@]1(NC(=O)[C@@H]1CCCN1C(=O)[C@H](CN)NC(=O)OC(C)(C)C)C(=O)NS(=O)(=O)c1ccccc1. The van der Waals surface area contributed by atoms with Crippen molar-refractivity contribution in [2.24, 2.45) is 11.7 Å². The van der Waals surface area contributed by atoms with Crippen LogP contribution in [0.5, 0.6) is 0 Å². The highest BCUT2D eigenvalue weighted by Crippen LogP contribution is 2.45. The van der Waals surface area contributed by atoms with Crippen molar-refractivity contribution in [3.63, 3.8) is 0 Å². The van der Waals surface area contributed by atoms with Crippen molar-refractivity contribution in [1.82, 2.24) is 20.3 Å². The van der Waals surface area contributed by atoms with Gasteiger partial charge in [-0.25, -0.2) is 17.9 Å². The molecule has 1 saturated carbocycles. The number of hydrogen-bond donors (Lipinski definition) is 4. The zero-order chi connectivity index (χ0) is 28.3. The Kier molecular flexibility index (Phi) is 8.52. The van der Waals surface area contributed by atoms with Crippen LogP contribution < -0.4 is 21.1 Å². The molecule has 0 bridgehead atoms. The van der Waals surface area contributed by atoms with Crippen LogP contribution >= 0.6 is 0 Å². The molecular weight excluding hydrogens is 514 g/mol. The Morgan fingerprint density at radius 2 is 1.89 bits per heavy atom. The fourth-order valence-electron chi connectivity index (χ4n) is 4.38. The van der Waals surface area contributed by atoms with Crippen LogP contribution in [-0.2, 0) is 29.1 Å². The van der Waals surface area contributed by atoms with Crippen LogP contribution in [-0.4, -0.2) is 73.4 Å². The van der Waals surface area contributed by atoms with Gasteiger partial charge in [-0.2, -0.15) is 0 Å². The molecule has 0 radical (unpaired) electrons. The molecule has 1 saturated heterocycles. The van der Waals surface area contributed by atoms with Crippen LogP contribution in [0.15, 0.2) is 47.9 Å². The predicted octanol–water partition coefficient (Wildman–Crippen LogP) is 0.395. The van der Waals surface area contributed by atoms with Gasteiger partial charge in [0.1, 0.15) is 23.2 Å². The molecule has 0 spiro atoms. The van der Waals surface area contributed by atoms with E-state index in [9.17, 15) is 27.6 Å². The minimum absolute atomic E-state index is 0.0940. The number of carbonyl (C=O) groups excluding carboxylic acids is 4. The van der Waals surface area contributed by atoms with Gasteiger partial charge in [-0.15, -0.1) is 6.58 Å². The molecule has 12 nitrogen and oxygen atoms in total. The molecule has 208 valence electrons. The maximum atomic E-state index is 13.3. The highest BCUT2D eigenvalue weighted by Gasteiger charge is 2.61. The number of carbonyl (C=O) groups is 4. The summed E-state index contributed by atoms with van der Waals surface area (Å²) in [7, 11) is -4.17. The summed E-state index contributed by atoms with van der Waals surface area (Å²) in [4.78, 5) is 53.0. The van der Waals surface area contributed by atoms with Gasteiger partial charge in [0.05, 0.1) is 4.90 Å². The van der Waals surface area contributed by atoms with E-state index >= 15 is 0 Å². The van der Waals surface area contributed by atoms with Crippen molar-refractivity contribution < 1.29 is 32.3 Å². The number of nitrogens with two attached hydrogens (primary N) is 1. The van der Waals surface area contributed by atoms with Crippen molar-refractivity contribution in [2.45, 2.75) is 68.2 Å². The Bertz CT molecular complexity index is 1200. The van der Waals surface area contributed by atoms with Crippen molar-refractivity contribution in [2.75, 3.05) is 13.1 Å². The van der Waals surface area contributed by atoms with Crippen LogP contribution in [0.1, 0.15) is 40.0 Å². The number of amides is 4. The quantitative estimate of drug-likeness (QED) is 0.320. The first-order valence-electron chi connectivity index (χ1n) is 12.3. The Morgan fingerprint density at radius 1 is 1.24 bits per heavy atom. The highest BCUT2D eigenvalue weighted by molar-refractivity contribution is 7.90. The molecular formula is C25H35N5O7S. The van der Waals surface area contributed by atoms with Gasteiger partial charge in [-0.05, 0) is 52.2 Å². The zero-order valence-electron chi connectivity index (χ0n) is 21.7. The topological polar surface area (TPSA) is 177 Å².